The van der Waals surface area contributed by atoms with E-state index in [0.29, 0.717) is 6.04 Å². The van der Waals surface area contributed by atoms with E-state index in [9.17, 15) is 0 Å². The summed E-state index contributed by atoms with van der Waals surface area (Å²) in [5.74, 6) is 1.09. The van der Waals surface area contributed by atoms with Gasteiger partial charge in [0, 0.05) is 41.6 Å². The van der Waals surface area contributed by atoms with Gasteiger partial charge in [-0.15, -0.1) is 0 Å². The van der Waals surface area contributed by atoms with Gasteiger partial charge in [0.2, 0.25) is 0 Å². The second-order valence-electron chi connectivity index (χ2n) is 7.48. The van der Waals surface area contributed by atoms with Crippen molar-refractivity contribution in [3.63, 3.8) is 0 Å². The van der Waals surface area contributed by atoms with Gasteiger partial charge in [-0.25, -0.2) is 4.98 Å². The van der Waals surface area contributed by atoms with Crippen molar-refractivity contribution in [2.45, 2.75) is 51.1 Å². The first kappa shape index (κ1) is 18.0. The molecule has 0 amide bonds. The summed E-state index contributed by atoms with van der Waals surface area (Å²) < 4.78 is 5.53. The Hall–Kier alpha value is -1.36. The van der Waals surface area contributed by atoms with E-state index in [-0.39, 0.29) is 0 Å². The normalized spacial score (nSPS) is 19.7. The van der Waals surface area contributed by atoms with Gasteiger partial charge in [-0.3, -0.25) is 0 Å². The number of fused-ring (bicyclic) bond motifs is 1. The predicted octanol–water partition coefficient (Wildman–Crippen LogP) is 4.54. The fraction of sp³-hybridized carbons (Fsp3) is 0.571. The molecule has 26 heavy (non-hydrogen) atoms. The molecule has 5 heteroatoms. The first-order chi connectivity index (χ1) is 12.8. The first-order valence-corrected chi connectivity index (χ1v) is 10.3. The van der Waals surface area contributed by atoms with Crippen LogP contribution in [0.2, 0.25) is 5.02 Å². The average Bonchev–Trinajstić information content (AvgIpc) is 2.95. The van der Waals surface area contributed by atoms with Gasteiger partial charge in [-0.05, 0) is 31.0 Å². The standard InChI is InChI=1S/C21H28ClN3O/c22-18-8-7-16-13-17(15-23-19-5-3-1-2-4-6-19)21(24-20(16)14-18)25-9-11-26-12-10-25/h7-8,13-14,19,23H,1-6,9-12,15H2. The van der Waals surface area contributed by atoms with Crippen molar-refractivity contribution in [1.29, 1.82) is 0 Å². The van der Waals surface area contributed by atoms with E-state index in [4.69, 9.17) is 21.3 Å². The van der Waals surface area contributed by atoms with E-state index in [1.54, 1.807) is 0 Å². The van der Waals surface area contributed by atoms with Gasteiger partial charge >= 0.3 is 0 Å². The predicted molar refractivity (Wildman–Crippen MR) is 108 cm³/mol. The summed E-state index contributed by atoms with van der Waals surface area (Å²) in [5, 5.41) is 5.70. The van der Waals surface area contributed by atoms with E-state index >= 15 is 0 Å². The van der Waals surface area contributed by atoms with Crippen molar-refractivity contribution < 1.29 is 4.74 Å². The highest BCUT2D eigenvalue weighted by molar-refractivity contribution is 6.31. The lowest BCUT2D eigenvalue weighted by Gasteiger charge is -2.30. The van der Waals surface area contributed by atoms with Crippen LogP contribution in [0.25, 0.3) is 10.9 Å². The van der Waals surface area contributed by atoms with Crippen LogP contribution in [-0.4, -0.2) is 37.3 Å². The molecule has 2 fully saturated rings. The number of nitrogens with zero attached hydrogens (tertiary/aromatic N) is 2. The Bertz CT molecular complexity index is 737. The highest BCUT2D eigenvalue weighted by atomic mass is 35.5. The van der Waals surface area contributed by atoms with Crippen LogP contribution in [0.5, 0.6) is 0 Å². The molecule has 1 N–H and O–H groups in total. The zero-order valence-electron chi connectivity index (χ0n) is 15.3. The van der Waals surface area contributed by atoms with Crippen molar-refractivity contribution in [2.75, 3.05) is 31.2 Å². The number of hydrogen-bond donors (Lipinski definition) is 1. The molecule has 0 bridgehead atoms. The zero-order valence-corrected chi connectivity index (χ0v) is 16.1. The molecule has 2 aromatic rings. The Labute approximate surface area is 160 Å². The summed E-state index contributed by atoms with van der Waals surface area (Å²) in [4.78, 5) is 7.34. The van der Waals surface area contributed by atoms with Gasteiger partial charge in [0.05, 0.1) is 18.7 Å². The van der Waals surface area contributed by atoms with Gasteiger partial charge in [0.1, 0.15) is 5.82 Å². The van der Waals surface area contributed by atoms with E-state index in [1.807, 2.05) is 12.1 Å². The molecule has 1 saturated carbocycles. The van der Waals surface area contributed by atoms with Crippen molar-refractivity contribution >= 4 is 28.3 Å². The summed E-state index contributed by atoms with van der Waals surface area (Å²) in [7, 11) is 0. The van der Waals surface area contributed by atoms with Crippen molar-refractivity contribution in [3.8, 4) is 0 Å². The molecule has 4 nitrogen and oxygen atoms in total. The Morgan fingerprint density at radius 3 is 2.62 bits per heavy atom. The third-order valence-corrected chi connectivity index (χ3v) is 5.82. The monoisotopic (exact) mass is 373 g/mol. The molecule has 140 valence electrons. The van der Waals surface area contributed by atoms with Crippen molar-refractivity contribution in [1.82, 2.24) is 10.3 Å². The molecule has 4 rings (SSSR count). The highest BCUT2D eigenvalue weighted by Crippen LogP contribution is 2.27. The SMILES string of the molecule is Clc1ccc2cc(CNC3CCCCCC3)c(N3CCOCC3)nc2c1. The number of halogens is 1. The molecule has 1 saturated heterocycles. The van der Waals surface area contributed by atoms with Crippen molar-refractivity contribution in [3.05, 3.63) is 34.9 Å². The highest BCUT2D eigenvalue weighted by Gasteiger charge is 2.19. The number of rotatable bonds is 4. The van der Waals surface area contributed by atoms with Crippen LogP contribution in [-0.2, 0) is 11.3 Å². The molecule has 2 heterocycles. The van der Waals surface area contributed by atoms with Crippen LogP contribution in [0, 0.1) is 0 Å². The van der Waals surface area contributed by atoms with Gasteiger partial charge in [0.15, 0.2) is 0 Å². The maximum Gasteiger partial charge on any atom is 0.133 e. The van der Waals surface area contributed by atoms with Gasteiger partial charge in [0.25, 0.3) is 0 Å². The molecule has 0 unspecified atom stereocenters. The molecular formula is C21H28ClN3O. The maximum absolute atomic E-state index is 6.19. The Morgan fingerprint density at radius 2 is 1.85 bits per heavy atom. The second kappa shape index (κ2) is 8.55. The van der Waals surface area contributed by atoms with Crippen LogP contribution in [0.4, 0.5) is 5.82 Å². The molecule has 2 aliphatic rings. The fourth-order valence-corrected chi connectivity index (χ4v) is 4.26. The summed E-state index contributed by atoms with van der Waals surface area (Å²) in [6, 6.07) is 8.90. The van der Waals surface area contributed by atoms with E-state index in [1.165, 1.54) is 44.1 Å². The topological polar surface area (TPSA) is 37.4 Å². The molecule has 1 aromatic heterocycles. The molecule has 0 spiro atoms. The van der Waals surface area contributed by atoms with E-state index in [2.05, 4.69) is 22.3 Å². The van der Waals surface area contributed by atoms with Crippen LogP contribution in [0.1, 0.15) is 44.1 Å². The summed E-state index contributed by atoms with van der Waals surface area (Å²) in [6.07, 6.45) is 8.06. The maximum atomic E-state index is 6.19. The summed E-state index contributed by atoms with van der Waals surface area (Å²) in [5.41, 5.74) is 2.25. The number of morpholine rings is 1. The van der Waals surface area contributed by atoms with Gasteiger partial charge < -0.3 is 15.0 Å². The number of hydrogen-bond acceptors (Lipinski definition) is 4. The third kappa shape index (κ3) is 4.30. The largest absolute Gasteiger partial charge is 0.378 e. The second-order valence-corrected chi connectivity index (χ2v) is 7.91. The van der Waals surface area contributed by atoms with Crippen LogP contribution in [0.15, 0.2) is 24.3 Å². The molecular weight excluding hydrogens is 346 g/mol. The zero-order chi connectivity index (χ0) is 17.8. The number of anilines is 1. The van der Waals surface area contributed by atoms with Crippen LogP contribution in [0.3, 0.4) is 0 Å². The lowest BCUT2D eigenvalue weighted by atomic mass is 10.1. The minimum Gasteiger partial charge on any atom is -0.378 e. The fourth-order valence-electron chi connectivity index (χ4n) is 4.09. The van der Waals surface area contributed by atoms with Gasteiger partial charge in [-0.2, -0.15) is 0 Å². The van der Waals surface area contributed by atoms with E-state index < -0.39 is 0 Å². The Kier molecular flexibility index (Phi) is 5.93. The number of ether oxygens (including phenoxy) is 1. The summed E-state index contributed by atoms with van der Waals surface area (Å²) >= 11 is 6.19. The molecule has 1 aliphatic heterocycles. The molecule has 0 atom stereocenters. The quantitative estimate of drug-likeness (QED) is 0.798. The minimum absolute atomic E-state index is 0.635. The smallest absolute Gasteiger partial charge is 0.133 e. The summed E-state index contributed by atoms with van der Waals surface area (Å²) in [6.45, 7) is 4.21. The minimum atomic E-state index is 0.635. The molecule has 1 aliphatic carbocycles. The number of nitrogens with one attached hydrogen (secondary N) is 1. The Balaban J connectivity index is 1.60. The van der Waals surface area contributed by atoms with Gasteiger partial charge in [-0.1, -0.05) is 43.4 Å². The third-order valence-electron chi connectivity index (χ3n) is 5.58. The van der Waals surface area contributed by atoms with Crippen LogP contribution >= 0.6 is 11.6 Å². The average molecular weight is 374 g/mol. The van der Waals surface area contributed by atoms with Crippen molar-refractivity contribution in [2.24, 2.45) is 0 Å². The number of benzene rings is 1. The van der Waals surface area contributed by atoms with E-state index in [0.717, 1.165) is 54.6 Å². The Morgan fingerprint density at radius 1 is 1.08 bits per heavy atom. The lowest BCUT2D eigenvalue weighted by Crippen LogP contribution is -2.38. The number of pyridine rings is 1. The number of aromatic nitrogens is 1. The molecule has 0 radical (unpaired) electrons. The van der Waals surface area contributed by atoms with Crippen LogP contribution < -0.4 is 10.2 Å². The first-order valence-electron chi connectivity index (χ1n) is 9.95. The lowest BCUT2D eigenvalue weighted by molar-refractivity contribution is 0.122. The molecule has 1 aromatic carbocycles.